The molecule has 0 amide bonds. The van der Waals surface area contributed by atoms with E-state index in [1.54, 1.807) is 26.4 Å². The Balaban J connectivity index is 1.96. The molecular weight excluding hydrogens is 450 g/mol. The minimum Gasteiger partial charge on any atom is -0.497 e. The van der Waals surface area contributed by atoms with Crippen molar-refractivity contribution in [1.82, 2.24) is 14.3 Å². The normalized spacial score (nSPS) is 13.6. The fourth-order valence-corrected chi connectivity index (χ4v) is 5.31. The van der Waals surface area contributed by atoms with Crippen LogP contribution >= 0.6 is 0 Å². The summed E-state index contributed by atoms with van der Waals surface area (Å²) < 4.78 is 40.6. The van der Waals surface area contributed by atoms with Gasteiger partial charge < -0.3 is 9.47 Å². The van der Waals surface area contributed by atoms with Crippen LogP contribution in [0.4, 0.5) is 0 Å². The van der Waals surface area contributed by atoms with E-state index in [2.05, 4.69) is 9.97 Å². The monoisotopic (exact) mass is 483 g/mol. The molecular formula is C26H33N3O4S. The van der Waals surface area contributed by atoms with Gasteiger partial charge in [0, 0.05) is 25.9 Å². The van der Waals surface area contributed by atoms with Gasteiger partial charge in [-0.05, 0) is 51.0 Å². The van der Waals surface area contributed by atoms with Crippen molar-refractivity contribution in [2.75, 3.05) is 13.7 Å². The Labute approximate surface area is 202 Å². The summed E-state index contributed by atoms with van der Waals surface area (Å²) in [4.78, 5) is 8.69. The van der Waals surface area contributed by atoms with Gasteiger partial charge in [-0.15, -0.1) is 0 Å². The molecule has 1 aromatic heterocycles. The molecule has 1 heterocycles. The molecule has 0 aliphatic carbocycles. The first kappa shape index (κ1) is 25.8. The van der Waals surface area contributed by atoms with E-state index < -0.39 is 21.4 Å². The lowest BCUT2D eigenvalue weighted by Crippen LogP contribution is -2.40. The summed E-state index contributed by atoms with van der Waals surface area (Å²) in [5.74, 6) is 0.722. The lowest BCUT2D eigenvalue weighted by molar-refractivity contribution is 0.0573. The van der Waals surface area contributed by atoms with Crippen LogP contribution in [0.5, 0.6) is 5.75 Å². The lowest BCUT2D eigenvalue weighted by Gasteiger charge is -2.30. The number of hydrogen-bond donors (Lipinski definition) is 0. The van der Waals surface area contributed by atoms with E-state index in [1.165, 1.54) is 4.31 Å². The number of hydrogen-bond acceptors (Lipinski definition) is 6. The van der Waals surface area contributed by atoms with Crippen molar-refractivity contribution in [3.05, 3.63) is 89.0 Å². The van der Waals surface area contributed by atoms with Crippen molar-refractivity contribution in [2.24, 2.45) is 0 Å². The number of aromatic nitrogens is 2. The average Bonchev–Trinajstić information content (AvgIpc) is 2.84. The summed E-state index contributed by atoms with van der Waals surface area (Å²) in [5, 5.41) is -0.867. The molecule has 8 heteroatoms. The molecule has 3 aromatic rings. The molecule has 0 saturated heterocycles. The summed E-state index contributed by atoms with van der Waals surface area (Å²) in [7, 11) is -2.19. The molecule has 2 aromatic carbocycles. The van der Waals surface area contributed by atoms with Gasteiger partial charge in [-0.2, -0.15) is 4.31 Å². The van der Waals surface area contributed by atoms with Gasteiger partial charge in [0.15, 0.2) is 0 Å². The van der Waals surface area contributed by atoms with Crippen LogP contribution in [0.15, 0.2) is 60.9 Å². The number of methoxy groups -OCH3 is 1. The third-order valence-electron chi connectivity index (χ3n) is 5.69. The first-order valence-corrected chi connectivity index (χ1v) is 12.8. The van der Waals surface area contributed by atoms with Gasteiger partial charge in [-0.25, -0.2) is 8.42 Å². The topological polar surface area (TPSA) is 81.6 Å². The highest BCUT2D eigenvalue weighted by molar-refractivity contribution is 7.89. The quantitative estimate of drug-likeness (QED) is 0.396. The number of rotatable bonds is 11. The van der Waals surface area contributed by atoms with Crippen LogP contribution in [-0.4, -0.2) is 41.7 Å². The number of sulfonamides is 1. The highest BCUT2D eigenvalue weighted by atomic mass is 32.2. The standard InChI is InChI=1S/C26H33N3O4S/c1-6-33-26(25-16-27-20(3)15-28-25)21(4)34(30,31)29(17-22-9-7-19(2)8-10-22)18-23-11-13-24(32-5)14-12-23/h7-16,21,26H,6,17-18H2,1-5H3/t21-,26+/m0/s1. The Kier molecular flexibility index (Phi) is 8.77. The maximum absolute atomic E-state index is 14.0. The molecule has 0 radical (unpaired) electrons. The van der Waals surface area contributed by atoms with Crippen molar-refractivity contribution < 1.29 is 17.9 Å². The summed E-state index contributed by atoms with van der Waals surface area (Å²) in [6.07, 6.45) is 2.48. The van der Waals surface area contributed by atoms with Crippen molar-refractivity contribution in [2.45, 2.75) is 52.1 Å². The summed E-state index contributed by atoms with van der Waals surface area (Å²) >= 11 is 0. The van der Waals surface area contributed by atoms with Crippen molar-refractivity contribution >= 4 is 10.0 Å². The predicted molar refractivity (Wildman–Crippen MR) is 133 cm³/mol. The van der Waals surface area contributed by atoms with E-state index >= 15 is 0 Å². The highest BCUT2D eigenvalue weighted by Gasteiger charge is 2.37. The Morgan fingerprint density at radius 3 is 2.00 bits per heavy atom. The highest BCUT2D eigenvalue weighted by Crippen LogP contribution is 2.29. The smallest absolute Gasteiger partial charge is 0.220 e. The maximum atomic E-state index is 14.0. The second kappa shape index (κ2) is 11.6. The maximum Gasteiger partial charge on any atom is 0.220 e. The molecule has 7 nitrogen and oxygen atoms in total. The van der Waals surface area contributed by atoms with Crippen LogP contribution in [0.1, 0.15) is 48.0 Å². The molecule has 0 fully saturated rings. The average molecular weight is 484 g/mol. The van der Waals surface area contributed by atoms with Crippen LogP contribution in [-0.2, 0) is 27.8 Å². The predicted octanol–water partition coefficient (Wildman–Crippen LogP) is 4.60. The fourth-order valence-electron chi connectivity index (χ4n) is 3.65. The van der Waals surface area contributed by atoms with Crippen molar-refractivity contribution in [1.29, 1.82) is 0 Å². The second-order valence-corrected chi connectivity index (χ2v) is 10.6. The second-order valence-electron chi connectivity index (χ2n) is 8.31. The lowest BCUT2D eigenvalue weighted by atomic mass is 10.1. The van der Waals surface area contributed by atoms with E-state index in [9.17, 15) is 8.42 Å². The number of benzene rings is 2. The molecule has 0 bridgehead atoms. The molecule has 0 saturated carbocycles. The zero-order valence-electron chi connectivity index (χ0n) is 20.4. The van der Waals surface area contributed by atoms with E-state index in [4.69, 9.17) is 9.47 Å². The third-order valence-corrected chi connectivity index (χ3v) is 7.86. The van der Waals surface area contributed by atoms with Crippen molar-refractivity contribution in [3.8, 4) is 5.75 Å². The minimum atomic E-state index is -3.79. The largest absolute Gasteiger partial charge is 0.497 e. The SMILES string of the molecule is CCO[C@@H](c1cnc(C)cn1)[C@H](C)S(=O)(=O)N(Cc1ccc(C)cc1)Cc1ccc(OC)cc1. The molecule has 0 spiro atoms. The van der Waals surface area contributed by atoms with E-state index in [0.717, 1.165) is 28.1 Å². The zero-order valence-corrected chi connectivity index (χ0v) is 21.2. The van der Waals surface area contributed by atoms with Gasteiger partial charge in [0.25, 0.3) is 0 Å². The van der Waals surface area contributed by atoms with Crippen LogP contribution < -0.4 is 4.74 Å². The minimum absolute atomic E-state index is 0.225. The Bertz CT molecular complexity index is 1150. The molecule has 2 atom stereocenters. The van der Waals surface area contributed by atoms with Gasteiger partial charge in [-0.3, -0.25) is 9.97 Å². The molecule has 0 unspecified atom stereocenters. The molecule has 0 aliphatic rings. The zero-order chi connectivity index (χ0) is 24.7. The van der Waals surface area contributed by atoms with Crippen molar-refractivity contribution in [3.63, 3.8) is 0 Å². The van der Waals surface area contributed by atoms with Gasteiger partial charge in [-0.1, -0.05) is 42.0 Å². The van der Waals surface area contributed by atoms with E-state index in [1.807, 2.05) is 69.3 Å². The molecule has 0 N–H and O–H groups in total. The van der Waals surface area contributed by atoms with Crippen LogP contribution in [0.3, 0.4) is 0 Å². The van der Waals surface area contributed by atoms with Crippen LogP contribution in [0.25, 0.3) is 0 Å². The molecule has 34 heavy (non-hydrogen) atoms. The number of aryl methyl sites for hydroxylation is 2. The summed E-state index contributed by atoms with van der Waals surface area (Å²) in [6, 6.07) is 15.3. The number of ether oxygens (including phenoxy) is 2. The number of nitrogens with zero attached hydrogens (tertiary/aromatic N) is 3. The van der Waals surface area contributed by atoms with E-state index in [0.29, 0.717) is 12.3 Å². The Hall–Kier alpha value is -2.81. The van der Waals surface area contributed by atoms with Gasteiger partial charge in [0.2, 0.25) is 10.0 Å². The van der Waals surface area contributed by atoms with E-state index in [-0.39, 0.29) is 13.1 Å². The van der Waals surface area contributed by atoms with Crippen LogP contribution in [0, 0.1) is 13.8 Å². The summed E-state index contributed by atoms with van der Waals surface area (Å²) in [5.41, 5.74) is 4.17. The van der Waals surface area contributed by atoms with Gasteiger partial charge >= 0.3 is 0 Å². The third kappa shape index (κ3) is 6.40. The first-order valence-electron chi connectivity index (χ1n) is 11.3. The Morgan fingerprint density at radius 2 is 1.50 bits per heavy atom. The summed E-state index contributed by atoms with van der Waals surface area (Å²) in [6.45, 7) is 8.19. The molecule has 182 valence electrons. The Morgan fingerprint density at radius 1 is 0.912 bits per heavy atom. The van der Waals surface area contributed by atoms with Gasteiger partial charge in [0.05, 0.1) is 24.7 Å². The van der Waals surface area contributed by atoms with Gasteiger partial charge in [0.1, 0.15) is 17.1 Å². The van der Waals surface area contributed by atoms with Crippen LogP contribution in [0.2, 0.25) is 0 Å². The fraction of sp³-hybridized carbons (Fsp3) is 0.385. The molecule has 0 aliphatic heterocycles. The first-order chi connectivity index (χ1) is 16.2. The molecule has 3 rings (SSSR count).